The third-order valence-electron chi connectivity index (χ3n) is 8.77. The molecule has 4 aromatic rings. The zero-order valence-corrected chi connectivity index (χ0v) is 23.8. The second-order valence-corrected chi connectivity index (χ2v) is 12.2. The summed E-state index contributed by atoms with van der Waals surface area (Å²) in [4.78, 5) is 31.4. The van der Waals surface area contributed by atoms with E-state index >= 15 is 0 Å². The fourth-order valence-corrected chi connectivity index (χ4v) is 7.17. The molecule has 2 aliphatic carbocycles. The van der Waals surface area contributed by atoms with Crippen LogP contribution in [-0.4, -0.2) is 55.0 Å². The number of hydrogen-bond acceptors (Lipinski definition) is 8. The van der Waals surface area contributed by atoms with Crippen molar-refractivity contribution in [2.24, 2.45) is 11.8 Å². The van der Waals surface area contributed by atoms with Gasteiger partial charge in [0.05, 0.1) is 40.0 Å². The van der Waals surface area contributed by atoms with Gasteiger partial charge in [-0.05, 0) is 50.0 Å². The zero-order chi connectivity index (χ0) is 27.4. The number of halogens is 2. The monoisotopic (exact) mass is 583 g/mol. The molecule has 1 N–H and O–H groups in total. The second kappa shape index (κ2) is 10.5. The van der Waals surface area contributed by atoms with Crippen molar-refractivity contribution in [3.63, 3.8) is 0 Å². The molecule has 0 spiro atoms. The Morgan fingerprint density at radius 1 is 1.07 bits per heavy atom. The van der Waals surface area contributed by atoms with E-state index in [-0.39, 0.29) is 18.0 Å². The fraction of sp³-hybridized carbons (Fsp3) is 0.536. The van der Waals surface area contributed by atoms with Crippen LogP contribution in [0.3, 0.4) is 0 Å². The maximum atomic E-state index is 11.8. The van der Waals surface area contributed by atoms with Gasteiger partial charge < -0.3 is 14.2 Å². The van der Waals surface area contributed by atoms with Gasteiger partial charge in [0.25, 0.3) is 0 Å². The van der Waals surface area contributed by atoms with Gasteiger partial charge in [-0.3, -0.25) is 14.5 Å². The molecule has 3 aliphatic rings. The first-order chi connectivity index (χ1) is 19.5. The number of aromatic amines is 1. The summed E-state index contributed by atoms with van der Waals surface area (Å²) in [5.74, 6) is 1.62. The molecular formula is C28H31Cl2N7O3. The molecule has 2 saturated carbocycles. The quantitative estimate of drug-likeness (QED) is 0.317. The van der Waals surface area contributed by atoms with Crippen LogP contribution in [0.25, 0.3) is 33.8 Å². The molecule has 0 amide bonds. The fourth-order valence-electron chi connectivity index (χ4n) is 6.73. The average molecular weight is 585 g/mol. The van der Waals surface area contributed by atoms with E-state index in [2.05, 4.69) is 31.5 Å². The van der Waals surface area contributed by atoms with Crippen molar-refractivity contribution >= 4 is 40.2 Å². The van der Waals surface area contributed by atoms with E-state index in [9.17, 15) is 4.79 Å². The first-order valence-corrected chi connectivity index (χ1v) is 14.9. The Morgan fingerprint density at radius 2 is 1.93 bits per heavy atom. The predicted octanol–water partition coefficient (Wildman–Crippen LogP) is 5.73. The highest BCUT2D eigenvalue weighted by atomic mass is 35.5. The van der Waals surface area contributed by atoms with Gasteiger partial charge in [0.15, 0.2) is 0 Å². The highest BCUT2D eigenvalue weighted by Crippen LogP contribution is 2.42. The number of nitrogens with zero attached hydrogens (tertiary/aromatic N) is 6. The smallest absolute Gasteiger partial charge is 0.374 e. The molecule has 2 unspecified atom stereocenters. The highest BCUT2D eigenvalue weighted by molar-refractivity contribution is 6.37. The topological polar surface area (TPSA) is 115 Å². The molecule has 4 aromatic heterocycles. The van der Waals surface area contributed by atoms with E-state index in [1.54, 1.807) is 12.4 Å². The molecule has 0 bridgehead atoms. The summed E-state index contributed by atoms with van der Waals surface area (Å²) in [6.07, 6.45) is 11.6. The van der Waals surface area contributed by atoms with Crippen molar-refractivity contribution in [3.8, 4) is 22.8 Å². The highest BCUT2D eigenvalue weighted by Gasteiger charge is 2.39. The second-order valence-electron chi connectivity index (χ2n) is 11.4. The van der Waals surface area contributed by atoms with Gasteiger partial charge in [-0.15, -0.1) is 0 Å². The lowest BCUT2D eigenvalue weighted by atomic mass is 9.83. The summed E-state index contributed by atoms with van der Waals surface area (Å²) in [6.45, 7) is 4.57. The SMILES string of the molecule is CC1CCC(Cn2c(N3CCOC4CCCC43)nc3c(Cl)c(-c4noc(=O)[nH]4)nc(-c4cncc(Cl)c4)c32)CC1. The number of aromatic nitrogens is 6. The largest absolute Gasteiger partial charge is 0.439 e. The van der Waals surface area contributed by atoms with E-state index in [1.807, 2.05) is 6.07 Å². The molecule has 40 heavy (non-hydrogen) atoms. The van der Waals surface area contributed by atoms with Gasteiger partial charge in [-0.1, -0.05) is 48.1 Å². The van der Waals surface area contributed by atoms with Crippen LogP contribution in [0, 0.1) is 11.8 Å². The van der Waals surface area contributed by atoms with Crippen LogP contribution in [0.5, 0.6) is 0 Å². The van der Waals surface area contributed by atoms with Crippen LogP contribution in [0.15, 0.2) is 27.8 Å². The van der Waals surface area contributed by atoms with E-state index < -0.39 is 5.76 Å². The standard InChI is InChI=1S/C28H31Cl2N7O3/c1-15-5-7-16(8-6-15)14-37-25-22(17-11-18(29)13-31-12-17)32-24(26-34-28(38)40-35-26)21(30)23(25)33-27(37)36-9-10-39-20-4-2-3-19(20)36/h11-13,15-16,19-20H,2-10,14H2,1H3,(H,34,35,38). The zero-order valence-electron chi connectivity index (χ0n) is 22.3. The Bertz CT molecular complexity index is 1610. The summed E-state index contributed by atoms with van der Waals surface area (Å²) in [5.41, 5.74) is 3.08. The van der Waals surface area contributed by atoms with Crippen LogP contribution in [0.4, 0.5) is 5.95 Å². The maximum absolute atomic E-state index is 11.8. The molecule has 1 aliphatic heterocycles. The molecule has 0 aromatic carbocycles. The number of hydrogen-bond donors (Lipinski definition) is 1. The van der Waals surface area contributed by atoms with E-state index in [0.717, 1.165) is 55.3 Å². The van der Waals surface area contributed by atoms with Crippen LogP contribution in [0.1, 0.15) is 51.9 Å². The third-order valence-corrected chi connectivity index (χ3v) is 9.33. The summed E-state index contributed by atoms with van der Waals surface area (Å²) in [5, 5.41) is 4.68. The molecule has 2 atom stereocenters. The average Bonchev–Trinajstić information content (AvgIpc) is 3.69. The molecule has 210 valence electrons. The predicted molar refractivity (Wildman–Crippen MR) is 153 cm³/mol. The molecular weight excluding hydrogens is 553 g/mol. The molecule has 3 fully saturated rings. The normalized spacial score (nSPS) is 25.0. The van der Waals surface area contributed by atoms with Crippen LogP contribution >= 0.6 is 23.2 Å². The van der Waals surface area contributed by atoms with Crippen molar-refractivity contribution in [3.05, 3.63) is 39.1 Å². The molecule has 12 heteroatoms. The van der Waals surface area contributed by atoms with Gasteiger partial charge in [0.2, 0.25) is 11.8 Å². The Hall–Kier alpha value is -2.95. The first kappa shape index (κ1) is 26.0. The molecule has 0 radical (unpaired) electrons. The summed E-state index contributed by atoms with van der Waals surface area (Å²) < 4.78 is 13.3. The number of nitrogens with one attached hydrogen (secondary N) is 1. The van der Waals surface area contributed by atoms with Gasteiger partial charge >= 0.3 is 5.76 Å². The van der Waals surface area contributed by atoms with E-state index in [1.165, 1.54) is 25.7 Å². The number of fused-ring (bicyclic) bond motifs is 2. The van der Waals surface area contributed by atoms with Crippen molar-refractivity contribution in [1.82, 2.24) is 29.7 Å². The Kier molecular flexibility index (Phi) is 6.80. The lowest BCUT2D eigenvalue weighted by Crippen LogP contribution is -2.49. The number of pyridine rings is 2. The lowest BCUT2D eigenvalue weighted by Gasteiger charge is -2.39. The van der Waals surface area contributed by atoms with Crippen molar-refractivity contribution in [1.29, 1.82) is 0 Å². The summed E-state index contributed by atoms with van der Waals surface area (Å²) in [7, 11) is 0. The van der Waals surface area contributed by atoms with Gasteiger partial charge in [-0.2, -0.15) is 0 Å². The third kappa shape index (κ3) is 4.59. The van der Waals surface area contributed by atoms with Crippen LogP contribution in [-0.2, 0) is 11.3 Å². The minimum atomic E-state index is -0.683. The Morgan fingerprint density at radius 3 is 2.70 bits per heavy atom. The van der Waals surface area contributed by atoms with E-state index in [4.69, 9.17) is 42.4 Å². The number of anilines is 1. The Balaban J connectivity index is 1.48. The van der Waals surface area contributed by atoms with Crippen molar-refractivity contribution in [2.45, 2.75) is 70.6 Å². The molecule has 1 saturated heterocycles. The number of imidazole rings is 1. The molecule has 5 heterocycles. The number of rotatable bonds is 5. The number of morpholine rings is 1. The summed E-state index contributed by atoms with van der Waals surface area (Å²) >= 11 is 13.4. The van der Waals surface area contributed by atoms with Gasteiger partial charge in [0.1, 0.15) is 11.2 Å². The number of ether oxygens (including phenoxy) is 1. The van der Waals surface area contributed by atoms with Crippen molar-refractivity contribution < 1.29 is 9.26 Å². The lowest BCUT2D eigenvalue weighted by molar-refractivity contribution is 0.0247. The number of H-pyrrole nitrogens is 1. The molecule has 10 nitrogen and oxygen atoms in total. The maximum Gasteiger partial charge on any atom is 0.439 e. The minimum Gasteiger partial charge on any atom is -0.374 e. The van der Waals surface area contributed by atoms with Crippen LogP contribution in [0.2, 0.25) is 10.0 Å². The van der Waals surface area contributed by atoms with Crippen molar-refractivity contribution in [2.75, 3.05) is 18.1 Å². The first-order valence-electron chi connectivity index (χ1n) is 14.1. The Labute approximate surface area is 241 Å². The van der Waals surface area contributed by atoms with Gasteiger partial charge in [0, 0.05) is 31.0 Å². The van der Waals surface area contributed by atoms with E-state index in [0.29, 0.717) is 39.5 Å². The van der Waals surface area contributed by atoms with Gasteiger partial charge in [-0.25, -0.2) is 14.8 Å². The van der Waals surface area contributed by atoms with Crippen LogP contribution < -0.4 is 10.7 Å². The molecule has 7 rings (SSSR count). The summed E-state index contributed by atoms with van der Waals surface area (Å²) in [6, 6.07) is 2.10. The minimum absolute atomic E-state index is 0.146.